The Labute approximate surface area is 179 Å². The predicted octanol–water partition coefficient (Wildman–Crippen LogP) is 3.65. The van der Waals surface area contributed by atoms with E-state index in [2.05, 4.69) is 10.3 Å². The highest BCUT2D eigenvalue weighted by atomic mass is 32.2. The van der Waals surface area contributed by atoms with E-state index in [1.165, 1.54) is 11.4 Å². The number of rotatable bonds is 5. The van der Waals surface area contributed by atoms with Crippen molar-refractivity contribution in [3.05, 3.63) is 47.5 Å². The van der Waals surface area contributed by atoms with E-state index >= 15 is 0 Å². The largest absolute Gasteiger partial charge is 0.497 e. The summed E-state index contributed by atoms with van der Waals surface area (Å²) in [7, 11) is -2.04. The maximum Gasteiger partial charge on any atom is 0.243 e. The number of hydrogen-bond acceptors (Lipinski definition) is 6. The first-order valence-corrected chi connectivity index (χ1v) is 11.9. The topological polar surface area (TPSA) is 88.6 Å². The molecule has 1 aromatic heterocycles. The Morgan fingerprint density at radius 3 is 2.53 bits per heavy atom. The van der Waals surface area contributed by atoms with Gasteiger partial charge in [0.1, 0.15) is 5.75 Å². The van der Waals surface area contributed by atoms with Crippen LogP contribution in [0.1, 0.15) is 17.8 Å². The molecule has 1 aliphatic rings. The number of methoxy groups -OCH3 is 1. The van der Waals surface area contributed by atoms with Crippen LogP contribution in [0.4, 0.5) is 5.69 Å². The smallest absolute Gasteiger partial charge is 0.243 e. The highest BCUT2D eigenvalue weighted by molar-refractivity contribution is 7.89. The molecule has 3 aromatic rings. The molecule has 0 aliphatic carbocycles. The van der Waals surface area contributed by atoms with E-state index in [1.54, 1.807) is 35.6 Å². The van der Waals surface area contributed by atoms with Crippen LogP contribution >= 0.6 is 11.3 Å². The molecule has 30 heavy (non-hydrogen) atoms. The number of nitrogens with zero attached hydrogens (tertiary/aromatic N) is 2. The number of ether oxygens (including phenoxy) is 1. The van der Waals surface area contributed by atoms with Crippen LogP contribution in [0.25, 0.3) is 10.2 Å². The van der Waals surface area contributed by atoms with Gasteiger partial charge in [-0.15, -0.1) is 11.3 Å². The number of aryl methyl sites for hydroxylation is 1. The molecule has 9 heteroatoms. The SMILES string of the molecule is COc1ccc(S(=O)(=O)N2CCC(C(=O)Nc3ccc4sc(C)nc4c3)CC2)cc1. The van der Waals surface area contributed by atoms with Gasteiger partial charge < -0.3 is 10.1 Å². The van der Waals surface area contributed by atoms with Gasteiger partial charge in [-0.2, -0.15) is 4.31 Å². The summed E-state index contributed by atoms with van der Waals surface area (Å²) < 4.78 is 33.3. The molecule has 7 nitrogen and oxygen atoms in total. The molecular weight excluding hydrogens is 422 g/mol. The minimum absolute atomic E-state index is 0.0807. The maximum atomic E-state index is 12.9. The third kappa shape index (κ3) is 4.19. The molecule has 158 valence electrons. The Kier molecular flexibility index (Phi) is 5.77. The second-order valence-corrected chi connectivity index (χ2v) is 10.4. The fourth-order valence-corrected chi connectivity index (χ4v) is 5.90. The fraction of sp³-hybridized carbons (Fsp3) is 0.333. The van der Waals surface area contributed by atoms with Crippen LogP contribution < -0.4 is 10.1 Å². The van der Waals surface area contributed by atoms with Gasteiger partial charge in [-0.05, 0) is 62.2 Å². The summed E-state index contributed by atoms with van der Waals surface area (Å²) in [6.07, 6.45) is 0.971. The number of sulfonamides is 1. The summed E-state index contributed by atoms with van der Waals surface area (Å²) in [5.41, 5.74) is 1.58. The van der Waals surface area contributed by atoms with E-state index < -0.39 is 10.0 Å². The van der Waals surface area contributed by atoms with E-state index in [-0.39, 0.29) is 16.7 Å². The first-order valence-electron chi connectivity index (χ1n) is 9.69. The van der Waals surface area contributed by atoms with Gasteiger partial charge in [0, 0.05) is 24.7 Å². The van der Waals surface area contributed by atoms with E-state index in [0.717, 1.165) is 15.2 Å². The number of piperidine rings is 1. The van der Waals surface area contributed by atoms with E-state index in [4.69, 9.17) is 4.74 Å². The molecule has 0 radical (unpaired) electrons. The fourth-order valence-electron chi connectivity index (χ4n) is 3.62. The Bertz CT molecular complexity index is 1160. The number of fused-ring (bicyclic) bond motifs is 1. The average Bonchev–Trinajstić information content (AvgIpc) is 3.13. The van der Waals surface area contributed by atoms with Gasteiger partial charge >= 0.3 is 0 Å². The van der Waals surface area contributed by atoms with Gasteiger partial charge in [0.05, 0.1) is 27.2 Å². The number of hydrogen-bond donors (Lipinski definition) is 1. The van der Waals surface area contributed by atoms with Gasteiger partial charge in [0.25, 0.3) is 0 Å². The molecule has 0 bridgehead atoms. The number of aromatic nitrogens is 1. The normalized spacial score (nSPS) is 15.9. The monoisotopic (exact) mass is 445 g/mol. The third-order valence-electron chi connectivity index (χ3n) is 5.28. The van der Waals surface area contributed by atoms with Gasteiger partial charge in [-0.1, -0.05) is 0 Å². The summed E-state index contributed by atoms with van der Waals surface area (Å²) in [5.74, 6) is 0.304. The Morgan fingerprint density at radius 2 is 1.87 bits per heavy atom. The van der Waals surface area contributed by atoms with Gasteiger partial charge in [0.2, 0.25) is 15.9 Å². The van der Waals surface area contributed by atoms with E-state index in [0.29, 0.717) is 37.4 Å². The number of carbonyl (C=O) groups excluding carboxylic acids is 1. The Hall–Kier alpha value is -2.49. The Balaban J connectivity index is 1.38. The van der Waals surface area contributed by atoms with Gasteiger partial charge in [-0.3, -0.25) is 4.79 Å². The zero-order chi connectivity index (χ0) is 21.3. The van der Waals surface area contributed by atoms with Crippen LogP contribution in [0.3, 0.4) is 0 Å². The molecule has 1 amide bonds. The molecule has 1 N–H and O–H groups in total. The van der Waals surface area contributed by atoms with Crippen molar-refractivity contribution in [2.75, 3.05) is 25.5 Å². The summed E-state index contributed by atoms with van der Waals surface area (Å²) >= 11 is 1.62. The molecule has 1 aliphatic heterocycles. The second-order valence-electron chi connectivity index (χ2n) is 7.26. The molecular formula is C21H23N3O4S2. The van der Waals surface area contributed by atoms with Crippen molar-refractivity contribution < 1.29 is 17.9 Å². The van der Waals surface area contributed by atoms with Crippen LogP contribution in [0, 0.1) is 12.8 Å². The summed E-state index contributed by atoms with van der Waals surface area (Å²) in [6.45, 7) is 2.59. The van der Waals surface area contributed by atoms with Crippen molar-refractivity contribution >= 4 is 43.2 Å². The molecule has 4 rings (SSSR count). The Morgan fingerprint density at radius 1 is 1.17 bits per heavy atom. The lowest BCUT2D eigenvalue weighted by molar-refractivity contribution is -0.120. The van der Waals surface area contributed by atoms with Crippen LogP contribution in [0.2, 0.25) is 0 Å². The average molecular weight is 446 g/mol. The lowest BCUT2D eigenvalue weighted by Crippen LogP contribution is -2.41. The number of thiazole rings is 1. The number of benzene rings is 2. The zero-order valence-electron chi connectivity index (χ0n) is 16.8. The molecule has 1 saturated heterocycles. The molecule has 1 fully saturated rings. The number of carbonyl (C=O) groups is 1. The van der Waals surface area contributed by atoms with Gasteiger partial charge in [-0.25, -0.2) is 13.4 Å². The van der Waals surface area contributed by atoms with Crippen LogP contribution in [-0.4, -0.2) is 43.8 Å². The highest BCUT2D eigenvalue weighted by Gasteiger charge is 2.32. The van der Waals surface area contributed by atoms with Crippen molar-refractivity contribution in [2.24, 2.45) is 5.92 Å². The van der Waals surface area contributed by atoms with Crippen molar-refractivity contribution in [1.29, 1.82) is 0 Å². The van der Waals surface area contributed by atoms with Crippen LogP contribution in [0.5, 0.6) is 5.75 Å². The highest BCUT2D eigenvalue weighted by Crippen LogP contribution is 2.28. The first kappa shape index (κ1) is 20.8. The van der Waals surface area contributed by atoms with E-state index in [9.17, 15) is 13.2 Å². The van der Waals surface area contributed by atoms with Crippen molar-refractivity contribution in [3.63, 3.8) is 0 Å². The predicted molar refractivity (Wildman–Crippen MR) is 117 cm³/mol. The molecule has 2 aromatic carbocycles. The molecule has 0 spiro atoms. The standard InChI is InChI=1S/C21H23N3O4S2/c1-14-22-19-13-16(3-8-20(19)29-14)23-21(25)15-9-11-24(12-10-15)30(26,27)18-6-4-17(28-2)5-7-18/h3-8,13,15H,9-12H2,1-2H3,(H,23,25). The minimum atomic E-state index is -3.58. The summed E-state index contributed by atoms with van der Waals surface area (Å²) in [4.78, 5) is 17.4. The van der Waals surface area contributed by atoms with E-state index in [1.807, 2.05) is 25.1 Å². The third-order valence-corrected chi connectivity index (χ3v) is 8.15. The molecule has 0 unspecified atom stereocenters. The lowest BCUT2D eigenvalue weighted by atomic mass is 9.97. The summed E-state index contributed by atoms with van der Waals surface area (Å²) in [5, 5.41) is 3.94. The number of nitrogens with one attached hydrogen (secondary N) is 1. The zero-order valence-corrected chi connectivity index (χ0v) is 18.4. The van der Waals surface area contributed by atoms with Crippen molar-refractivity contribution in [2.45, 2.75) is 24.7 Å². The second kappa shape index (κ2) is 8.33. The summed E-state index contributed by atoms with van der Waals surface area (Å²) in [6, 6.07) is 12.1. The number of anilines is 1. The quantitative estimate of drug-likeness (QED) is 0.648. The van der Waals surface area contributed by atoms with Gasteiger partial charge in [0.15, 0.2) is 0 Å². The van der Waals surface area contributed by atoms with Crippen molar-refractivity contribution in [1.82, 2.24) is 9.29 Å². The molecule has 0 atom stereocenters. The van der Waals surface area contributed by atoms with Crippen molar-refractivity contribution in [3.8, 4) is 5.75 Å². The molecule has 0 saturated carbocycles. The lowest BCUT2D eigenvalue weighted by Gasteiger charge is -2.30. The van der Waals surface area contributed by atoms with Crippen LogP contribution in [-0.2, 0) is 14.8 Å². The maximum absolute atomic E-state index is 12.9. The minimum Gasteiger partial charge on any atom is -0.497 e. The first-order chi connectivity index (χ1) is 14.4. The number of amides is 1. The molecule has 2 heterocycles. The van der Waals surface area contributed by atoms with Crippen LogP contribution in [0.15, 0.2) is 47.4 Å².